The summed E-state index contributed by atoms with van der Waals surface area (Å²) in [5.74, 6) is 1.09. The number of hydrogen-bond donors (Lipinski definition) is 1. The molecule has 0 spiro atoms. The quantitative estimate of drug-likeness (QED) is 0.571. The minimum atomic E-state index is -0.421. The Morgan fingerprint density at radius 3 is 2.18 bits per heavy atom. The minimum absolute atomic E-state index is 0.200. The molecule has 0 fully saturated rings. The Kier molecular flexibility index (Phi) is 5.45. The molecule has 0 atom stereocenters. The van der Waals surface area contributed by atoms with Gasteiger partial charge in [-0.05, 0) is 66.9 Å². The van der Waals surface area contributed by atoms with Gasteiger partial charge < -0.3 is 19.5 Å². The van der Waals surface area contributed by atoms with Gasteiger partial charge in [-0.2, -0.15) is 0 Å². The van der Waals surface area contributed by atoms with Crippen LogP contribution in [0.15, 0.2) is 66.4 Å². The van der Waals surface area contributed by atoms with E-state index in [0.29, 0.717) is 53.0 Å². The Hall–Kier alpha value is -4.26. The minimum Gasteiger partial charge on any atom is -0.497 e. The van der Waals surface area contributed by atoms with E-state index in [4.69, 9.17) is 14.2 Å². The normalized spacial score (nSPS) is 15.1. The molecule has 0 saturated carbocycles. The molecule has 2 aliphatic heterocycles. The Morgan fingerprint density at radius 1 is 0.824 bits per heavy atom. The zero-order chi connectivity index (χ0) is 23.8. The average molecular weight is 456 g/mol. The topological polar surface area (TPSA) is 77.1 Å². The predicted molar refractivity (Wildman–Crippen MR) is 129 cm³/mol. The van der Waals surface area contributed by atoms with Crippen LogP contribution in [0.1, 0.15) is 16.7 Å². The molecule has 7 nitrogen and oxygen atoms in total. The van der Waals surface area contributed by atoms with Crippen molar-refractivity contribution in [3.8, 4) is 17.2 Å². The van der Waals surface area contributed by atoms with Crippen molar-refractivity contribution in [1.82, 2.24) is 0 Å². The fraction of sp³-hybridized carbons (Fsp3) is 0.185. The van der Waals surface area contributed by atoms with E-state index in [9.17, 15) is 9.59 Å². The molecule has 2 aliphatic rings. The molecule has 2 amide bonds. The SMILES string of the molecule is COc1ccc(C2=C(Nc3ccc4c(c3)OCCO4)C(=O)N(c3cc(C)cc(C)c3)C2=O)cc1. The van der Waals surface area contributed by atoms with Gasteiger partial charge in [-0.1, -0.05) is 18.2 Å². The molecule has 0 unspecified atom stereocenters. The maximum atomic E-state index is 13.7. The lowest BCUT2D eigenvalue weighted by atomic mass is 10.0. The number of imide groups is 1. The predicted octanol–water partition coefficient (Wildman–Crippen LogP) is 4.48. The molecule has 3 aromatic carbocycles. The number of anilines is 2. The van der Waals surface area contributed by atoms with Gasteiger partial charge in [-0.15, -0.1) is 0 Å². The Labute approximate surface area is 197 Å². The number of nitrogens with one attached hydrogen (secondary N) is 1. The summed E-state index contributed by atoms with van der Waals surface area (Å²) in [4.78, 5) is 28.5. The van der Waals surface area contributed by atoms with Gasteiger partial charge >= 0.3 is 0 Å². The lowest BCUT2D eigenvalue weighted by Gasteiger charge is -2.19. The summed E-state index contributed by atoms with van der Waals surface area (Å²) in [6.45, 7) is 4.82. The van der Waals surface area contributed by atoms with Gasteiger partial charge in [-0.3, -0.25) is 9.59 Å². The molecule has 172 valence electrons. The second-order valence-corrected chi connectivity index (χ2v) is 8.25. The van der Waals surface area contributed by atoms with Gasteiger partial charge in [0.2, 0.25) is 0 Å². The third kappa shape index (κ3) is 3.85. The molecule has 0 aliphatic carbocycles. The number of methoxy groups -OCH3 is 1. The molecule has 0 saturated heterocycles. The molecule has 5 rings (SSSR count). The fourth-order valence-corrected chi connectivity index (χ4v) is 4.25. The van der Waals surface area contributed by atoms with Crippen molar-refractivity contribution in [2.75, 3.05) is 30.5 Å². The lowest BCUT2D eigenvalue weighted by Crippen LogP contribution is -2.32. The van der Waals surface area contributed by atoms with Crippen molar-refractivity contribution in [1.29, 1.82) is 0 Å². The molecular weight excluding hydrogens is 432 g/mol. The fourth-order valence-electron chi connectivity index (χ4n) is 4.25. The average Bonchev–Trinajstić information content (AvgIpc) is 3.07. The largest absolute Gasteiger partial charge is 0.497 e. The number of hydrogen-bond acceptors (Lipinski definition) is 6. The number of benzene rings is 3. The number of carbonyl (C=O) groups excluding carboxylic acids is 2. The van der Waals surface area contributed by atoms with Gasteiger partial charge in [0.05, 0.1) is 18.4 Å². The van der Waals surface area contributed by atoms with E-state index in [1.54, 1.807) is 49.6 Å². The zero-order valence-corrected chi connectivity index (χ0v) is 19.2. The number of rotatable bonds is 5. The number of carbonyl (C=O) groups is 2. The van der Waals surface area contributed by atoms with Crippen LogP contribution in [0.25, 0.3) is 5.57 Å². The van der Waals surface area contributed by atoms with Crippen molar-refractivity contribution < 1.29 is 23.8 Å². The van der Waals surface area contributed by atoms with Crippen molar-refractivity contribution in [3.63, 3.8) is 0 Å². The first-order chi connectivity index (χ1) is 16.4. The molecule has 2 heterocycles. The highest BCUT2D eigenvalue weighted by atomic mass is 16.6. The van der Waals surface area contributed by atoms with Gasteiger partial charge in [0.25, 0.3) is 11.8 Å². The van der Waals surface area contributed by atoms with Crippen LogP contribution in [0, 0.1) is 13.8 Å². The summed E-state index contributed by atoms with van der Waals surface area (Å²) < 4.78 is 16.5. The third-order valence-corrected chi connectivity index (χ3v) is 5.74. The first-order valence-corrected chi connectivity index (χ1v) is 11.0. The van der Waals surface area contributed by atoms with Gasteiger partial charge in [0.15, 0.2) is 11.5 Å². The highest BCUT2D eigenvalue weighted by molar-refractivity contribution is 6.46. The van der Waals surface area contributed by atoms with Gasteiger partial charge in [0, 0.05) is 11.8 Å². The van der Waals surface area contributed by atoms with Crippen LogP contribution in [0.4, 0.5) is 11.4 Å². The summed E-state index contributed by atoms with van der Waals surface area (Å²) in [6.07, 6.45) is 0. The van der Waals surface area contributed by atoms with Crippen LogP contribution in [0.3, 0.4) is 0 Å². The van der Waals surface area contributed by atoms with E-state index in [0.717, 1.165) is 11.1 Å². The number of amides is 2. The Bertz CT molecular complexity index is 1310. The van der Waals surface area contributed by atoms with E-state index in [2.05, 4.69) is 5.32 Å². The first kappa shape index (κ1) is 21.6. The van der Waals surface area contributed by atoms with Crippen LogP contribution in [0.2, 0.25) is 0 Å². The number of fused-ring (bicyclic) bond motifs is 1. The van der Waals surface area contributed by atoms with E-state index >= 15 is 0 Å². The molecule has 0 radical (unpaired) electrons. The van der Waals surface area contributed by atoms with Crippen LogP contribution in [0.5, 0.6) is 17.2 Å². The van der Waals surface area contributed by atoms with Gasteiger partial charge in [0.1, 0.15) is 24.7 Å². The first-order valence-electron chi connectivity index (χ1n) is 11.0. The van der Waals surface area contributed by atoms with Crippen molar-refractivity contribution in [2.24, 2.45) is 0 Å². The number of ether oxygens (including phenoxy) is 3. The molecule has 34 heavy (non-hydrogen) atoms. The monoisotopic (exact) mass is 456 g/mol. The van der Waals surface area contributed by atoms with Crippen molar-refractivity contribution >= 4 is 28.8 Å². The molecular formula is C27H24N2O5. The van der Waals surface area contributed by atoms with Crippen LogP contribution in [-0.2, 0) is 9.59 Å². The summed E-state index contributed by atoms with van der Waals surface area (Å²) >= 11 is 0. The second kappa shape index (κ2) is 8.59. The van der Waals surface area contributed by atoms with Crippen LogP contribution in [-0.4, -0.2) is 32.1 Å². The summed E-state index contributed by atoms with van der Waals surface area (Å²) in [6, 6.07) is 18.1. The highest BCUT2D eigenvalue weighted by Crippen LogP contribution is 2.37. The zero-order valence-electron chi connectivity index (χ0n) is 19.2. The summed E-state index contributed by atoms with van der Waals surface area (Å²) in [5.41, 5.74) is 4.20. The molecule has 7 heteroatoms. The molecule has 0 bridgehead atoms. The molecule has 1 N–H and O–H groups in total. The lowest BCUT2D eigenvalue weighted by molar-refractivity contribution is -0.120. The third-order valence-electron chi connectivity index (χ3n) is 5.74. The number of nitrogens with zero attached hydrogens (tertiary/aromatic N) is 1. The molecule has 0 aromatic heterocycles. The van der Waals surface area contributed by atoms with Crippen LogP contribution < -0.4 is 24.4 Å². The Balaban J connectivity index is 1.59. The van der Waals surface area contributed by atoms with Gasteiger partial charge in [-0.25, -0.2) is 4.90 Å². The van der Waals surface area contributed by atoms with E-state index < -0.39 is 5.91 Å². The maximum absolute atomic E-state index is 13.7. The van der Waals surface area contributed by atoms with E-state index in [1.807, 2.05) is 32.0 Å². The highest BCUT2D eigenvalue weighted by Gasteiger charge is 2.40. The van der Waals surface area contributed by atoms with Crippen molar-refractivity contribution in [2.45, 2.75) is 13.8 Å². The summed E-state index contributed by atoms with van der Waals surface area (Å²) in [7, 11) is 1.58. The standard InChI is InChI=1S/C27H24N2O5/c1-16-12-17(2)14-20(13-16)29-26(30)24(18-4-7-21(32-3)8-5-18)25(27(29)31)28-19-6-9-22-23(15-19)34-11-10-33-22/h4-9,12-15,28H,10-11H2,1-3H3. The Morgan fingerprint density at radius 2 is 1.50 bits per heavy atom. The number of aryl methyl sites for hydroxylation is 2. The van der Waals surface area contributed by atoms with Crippen molar-refractivity contribution in [3.05, 3.63) is 83.1 Å². The van der Waals surface area contributed by atoms with E-state index in [-0.39, 0.29) is 11.6 Å². The maximum Gasteiger partial charge on any atom is 0.282 e. The smallest absolute Gasteiger partial charge is 0.282 e. The second-order valence-electron chi connectivity index (χ2n) is 8.25. The van der Waals surface area contributed by atoms with E-state index in [1.165, 1.54) is 4.90 Å². The summed E-state index contributed by atoms with van der Waals surface area (Å²) in [5, 5.41) is 3.18. The van der Waals surface area contributed by atoms with Crippen LogP contribution >= 0.6 is 0 Å². The molecule has 3 aromatic rings.